The van der Waals surface area contributed by atoms with Gasteiger partial charge in [0.15, 0.2) is 11.2 Å². The van der Waals surface area contributed by atoms with Crippen molar-refractivity contribution in [3.63, 3.8) is 0 Å². The number of ketones is 1. The highest BCUT2D eigenvalue weighted by atomic mass is 16.5. The summed E-state index contributed by atoms with van der Waals surface area (Å²) >= 11 is 0. The molecule has 1 unspecified atom stereocenters. The third-order valence-electron chi connectivity index (χ3n) is 5.74. The minimum Gasteiger partial charge on any atom is -0.466 e. The van der Waals surface area contributed by atoms with Crippen LogP contribution >= 0.6 is 0 Å². The number of methoxy groups -OCH3 is 1. The molecule has 2 N–H and O–H groups in total. The second-order valence-corrected chi connectivity index (χ2v) is 6.83. The molecule has 1 aliphatic carbocycles. The van der Waals surface area contributed by atoms with Crippen LogP contribution in [0.3, 0.4) is 0 Å². The maximum atomic E-state index is 13.7. The molecule has 2 aliphatic heterocycles. The molecule has 0 saturated heterocycles. The normalized spacial score (nSPS) is 27.9. The van der Waals surface area contributed by atoms with E-state index in [-0.39, 0.29) is 22.8 Å². The van der Waals surface area contributed by atoms with Crippen LogP contribution in [0.15, 0.2) is 47.0 Å². The van der Waals surface area contributed by atoms with E-state index in [0.29, 0.717) is 23.4 Å². The molecule has 27 heavy (non-hydrogen) atoms. The number of fused-ring (bicyclic) bond motifs is 1. The van der Waals surface area contributed by atoms with E-state index in [4.69, 9.17) is 15.2 Å². The van der Waals surface area contributed by atoms with Crippen LogP contribution in [0.1, 0.15) is 36.2 Å². The molecular weight excluding hydrogens is 346 g/mol. The number of hydrogen-bond acceptors (Lipinski definition) is 7. The molecule has 7 heteroatoms. The Bertz CT molecular complexity index is 1000. The highest BCUT2D eigenvalue weighted by Gasteiger charge is 2.80. The molecule has 0 fully saturated rings. The number of nitrogens with zero attached hydrogens (tertiary/aromatic N) is 2. The van der Waals surface area contributed by atoms with Crippen molar-refractivity contribution in [1.82, 2.24) is 4.90 Å². The van der Waals surface area contributed by atoms with Gasteiger partial charge in [-0.2, -0.15) is 5.26 Å². The minimum absolute atomic E-state index is 0.0398. The number of allylic oxidation sites excluding steroid dienone is 1. The van der Waals surface area contributed by atoms with Gasteiger partial charge in [-0.05, 0) is 13.3 Å². The van der Waals surface area contributed by atoms with E-state index < -0.39 is 17.1 Å². The predicted molar refractivity (Wildman–Crippen MR) is 94.5 cm³/mol. The molecule has 0 aromatic heterocycles. The van der Waals surface area contributed by atoms with Gasteiger partial charge in [0.05, 0.1) is 12.7 Å². The first-order chi connectivity index (χ1) is 12.9. The quantitative estimate of drug-likeness (QED) is 0.816. The molecule has 4 rings (SSSR count). The monoisotopic (exact) mass is 365 g/mol. The first kappa shape index (κ1) is 17.2. The van der Waals surface area contributed by atoms with E-state index in [2.05, 4.69) is 0 Å². The van der Waals surface area contributed by atoms with Gasteiger partial charge in [0, 0.05) is 23.4 Å². The lowest BCUT2D eigenvalue weighted by Crippen LogP contribution is -2.52. The van der Waals surface area contributed by atoms with Crippen molar-refractivity contribution >= 4 is 11.8 Å². The first-order valence-corrected chi connectivity index (χ1v) is 8.74. The molecule has 0 amide bonds. The number of nitrogens with two attached hydrogens (primary N) is 1. The van der Waals surface area contributed by atoms with E-state index in [1.165, 1.54) is 7.11 Å². The van der Waals surface area contributed by atoms with Gasteiger partial charge in [-0.3, -0.25) is 4.79 Å². The van der Waals surface area contributed by atoms with Crippen LogP contribution in [0.25, 0.3) is 0 Å². The number of Topliss-reactive ketones (excluding diaryl/α,β-unsaturated/α-hetero) is 1. The molecule has 1 aromatic carbocycles. The van der Waals surface area contributed by atoms with Crippen molar-refractivity contribution in [3.05, 3.63) is 58.1 Å². The number of carbonyl (C=O) groups excluding carboxylic acids is 2. The van der Waals surface area contributed by atoms with Crippen LogP contribution in [0, 0.1) is 16.7 Å². The lowest BCUT2D eigenvalue weighted by Gasteiger charge is -2.41. The maximum Gasteiger partial charge on any atom is 0.337 e. The summed E-state index contributed by atoms with van der Waals surface area (Å²) in [6, 6.07) is 9.07. The second-order valence-electron chi connectivity index (χ2n) is 6.83. The number of hydrogen-bond donors (Lipinski definition) is 1. The molecule has 7 nitrogen and oxygen atoms in total. The Morgan fingerprint density at radius 1 is 1.41 bits per heavy atom. The van der Waals surface area contributed by atoms with E-state index >= 15 is 0 Å². The number of ether oxygens (including phenoxy) is 2. The van der Waals surface area contributed by atoms with Crippen molar-refractivity contribution in [2.45, 2.75) is 26.0 Å². The number of nitriles is 1. The summed E-state index contributed by atoms with van der Waals surface area (Å²) in [5.74, 6) is -1.16. The molecule has 0 spiro atoms. The van der Waals surface area contributed by atoms with Gasteiger partial charge in [0.25, 0.3) is 0 Å². The average molecular weight is 365 g/mol. The van der Waals surface area contributed by atoms with Gasteiger partial charge in [-0.1, -0.05) is 31.2 Å². The Balaban J connectivity index is 2.17. The topological polar surface area (TPSA) is 106 Å². The lowest BCUT2D eigenvalue weighted by molar-refractivity contribution is -0.141. The van der Waals surface area contributed by atoms with Crippen molar-refractivity contribution in [2.75, 3.05) is 13.7 Å². The third kappa shape index (κ3) is 1.58. The van der Waals surface area contributed by atoms with Gasteiger partial charge in [0.2, 0.25) is 11.6 Å². The fraction of sp³-hybridized carbons (Fsp3) is 0.350. The van der Waals surface area contributed by atoms with Gasteiger partial charge in [-0.15, -0.1) is 0 Å². The van der Waals surface area contributed by atoms with Crippen LogP contribution < -0.4 is 5.73 Å². The molecular formula is C20H19N3O4. The standard InChI is InChI=1S/C20H19N3O4/c1-4-9-23-11(2)15(18(25)26-3)19-14(10-21)17(22)27-20(19,23)13-8-6-5-7-12(13)16(19)24/h5-8H,4,9,22H2,1-3H3/t19-,20?/m1/s1. The highest BCUT2D eigenvalue weighted by molar-refractivity contribution is 6.17. The number of esters is 1. The summed E-state index contributed by atoms with van der Waals surface area (Å²) in [4.78, 5) is 28.4. The molecule has 0 radical (unpaired) electrons. The molecule has 138 valence electrons. The smallest absolute Gasteiger partial charge is 0.337 e. The van der Waals surface area contributed by atoms with Crippen LogP contribution in [0.5, 0.6) is 0 Å². The summed E-state index contributed by atoms with van der Waals surface area (Å²) in [5.41, 5.74) is 4.72. The summed E-state index contributed by atoms with van der Waals surface area (Å²) in [5, 5.41) is 9.88. The Morgan fingerprint density at radius 3 is 2.74 bits per heavy atom. The predicted octanol–water partition coefficient (Wildman–Crippen LogP) is 1.92. The van der Waals surface area contributed by atoms with E-state index in [1.807, 2.05) is 17.9 Å². The Morgan fingerprint density at radius 2 is 2.11 bits per heavy atom. The van der Waals surface area contributed by atoms with Gasteiger partial charge >= 0.3 is 5.97 Å². The zero-order chi connectivity index (χ0) is 19.6. The van der Waals surface area contributed by atoms with Crippen LogP contribution in [-0.4, -0.2) is 30.3 Å². The Labute approximate surface area is 156 Å². The summed E-state index contributed by atoms with van der Waals surface area (Å²) in [6.07, 6.45) is 0.741. The SMILES string of the molecule is CCCN1C(C)=C(C(=O)OC)[C@]23C(=O)c4ccccc4C12OC(N)=C3C#N. The second kappa shape index (κ2) is 5.36. The summed E-state index contributed by atoms with van der Waals surface area (Å²) < 4.78 is 11.1. The van der Waals surface area contributed by atoms with E-state index in [9.17, 15) is 14.9 Å². The Kier molecular flexibility index (Phi) is 3.41. The molecule has 0 saturated carbocycles. The van der Waals surface area contributed by atoms with Gasteiger partial charge < -0.3 is 20.1 Å². The number of benzene rings is 1. The molecule has 3 aliphatic rings. The zero-order valence-corrected chi connectivity index (χ0v) is 15.3. The van der Waals surface area contributed by atoms with E-state index in [1.54, 1.807) is 31.2 Å². The summed E-state index contributed by atoms with van der Waals surface area (Å²) in [7, 11) is 1.25. The van der Waals surface area contributed by atoms with Crippen molar-refractivity contribution in [2.24, 2.45) is 11.1 Å². The Hall–Kier alpha value is -3.27. The largest absolute Gasteiger partial charge is 0.466 e. The highest BCUT2D eigenvalue weighted by Crippen LogP contribution is 2.70. The number of carbonyl (C=O) groups is 2. The molecule has 0 bridgehead atoms. The van der Waals surface area contributed by atoms with Crippen LogP contribution in [0.2, 0.25) is 0 Å². The summed E-state index contributed by atoms with van der Waals surface area (Å²) in [6.45, 7) is 4.25. The fourth-order valence-corrected chi connectivity index (χ4v) is 4.89. The molecule has 2 atom stereocenters. The van der Waals surface area contributed by atoms with Crippen molar-refractivity contribution in [1.29, 1.82) is 5.26 Å². The van der Waals surface area contributed by atoms with E-state index in [0.717, 1.165) is 6.42 Å². The van der Waals surface area contributed by atoms with Gasteiger partial charge in [0.1, 0.15) is 11.6 Å². The molecule has 2 heterocycles. The molecule has 1 aromatic rings. The first-order valence-electron chi connectivity index (χ1n) is 8.74. The minimum atomic E-state index is -1.65. The average Bonchev–Trinajstić information content (AvgIpc) is 3.13. The van der Waals surface area contributed by atoms with Crippen LogP contribution in [-0.2, 0) is 20.0 Å². The zero-order valence-electron chi connectivity index (χ0n) is 15.3. The third-order valence-corrected chi connectivity index (χ3v) is 5.74. The van der Waals surface area contributed by atoms with Crippen molar-refractivity contribution in [3.8, 4) is 6.07 Å². The van der Waals surface area contributed by atoms with Crippen molar-refractivity contribution < 1.29 is 19.1 Å². The van der Waals surface area contributed by atoms with Crippen LogP contribution in [0.4, 0.5) is 0 Å². The lowest BCUT2D eigenvalue weighted by atomic mass is 9.68. The fourth-order valence-electron chi connectivity index (χ4n) is 4.89. The number of rotatable bonds is 3. The van der Waals surface area contributed by atoms with Gasteiger partial charge in [-0.25, -0.2) is 4.79 Å². The maximum absolute atomic E-state index is 13.7.